The van der Waals surface area contributed by atoms with Crippen LogP contribution in [0, 0.1) is 5.82 Å². The molecule has 0 saturated carbocycles. The first-order valence-electron chi connectivity index (χ1n) is 8.08. The normalized spacial score (nSPS) is 12.0. The molecule has 1 aromatic carbocycles. The number of ether oxygens (including phenoxy) is 1. The van der Waals surface area contributed by atoms with Crippen LogP contribution in [0.3, 0.4) is 0 Å². The third kappa shape index (κ3) is 5.60. The molecule has 0 aliphatic carbocycles. The third-order valence-corrected chi connectivity index (χ3v) is 5.38. The summed E-state index contributed by atoms with van der Waals surface area (Å²) in [5.74, 6) is -1.37. The fourth-order valence-electron chi connectivity index (χ4n) is 2.35. The number of thiophene rings is 2. The number of rotatable bonds is 7. The highest BCUT2D eigenvalue weighted by molar-refractivity contribution is 7.10. The topological polar surface area (TPSA) is 55.4 Å². The highest BCUT2D eigenvalue weighted by Gasteiger charge is 2.18. The second-order valence-electron chi connectivity index (χ2n) is 5.52. The van der Waals surface area contributed by atoms with Gasteiger partial charge in [-0.15, -0.1) is 22.7 Å². The van der Waals surface area contributed by atoms with Gasteiger partial charge in [0.2, 0.25) is 0 Å². The van der Waals surface area contributed by atoms with E-state index in [9.17, 15) is 14.0 Å². The lowest BCUT2D eigenvalue weighted by Gasteiger charge is -2.18. The molecule has 27 heavy (non-hydrogen) atoms. The van der Waals surface area contributed by atoms with Gasteiger partial charge in [0.1, 0.15) is 5.82 Å². The number of amides is 1. The van der Waals surface area contributed by atoms with Crippen LogP contribution in [0.15, 0.2) is 65.4 Å². The molecule has 1 N–H and O–H groups in total. The Hall–Kier alpha value is -2.77. The Morgan fingerprint density at radius 1 is 1.07 bits per heavy atom. The van der Waals surface area contributed by atoms with E-state index in [-0.39, 0.29) is 5.82 Å². The quantitative estimate of drug-likeness (QED) is 0.471. The predicted molar refractivity (Wildman–Crippen MR) is 105 cm³/mol. The van der Waals surface area contributed by atoms with Crippen LogP contribution in [-0.2, 0) is 14.3 Å². The number of benzene rings is 1. The first kappa shape index (κ1) is 19.0. The van der Waals surface area contributed by atoms with Crippen molar-refractivity contribution in [2.24, 2.45) is 0 Å². The van der Waals surface area contributed by atoms with Gasteiger partial charge in [-0.05, 0) is 46.7 Å². The molecule has 3 aromatic rings. The number of hydrogen-bond donors (Lipinski definition) is 1. The summed E-state index contributed by atoms with van der Waals surface area (Å²) in [4.78, 5) is 25.8. The van der Waals surface area contributed by atoms with Crippen molar-refractivity contribution < 1.29 is 18.7 Å². The first-order valence-corrected chi connectivity index (χ1v) is 9.84. The SMILES string of the molecule is O=C(COC(=O)/C=C/c1cccs1)N[C@@H](c1ccc(F)cc1)c1cccs1. The minimum Gasteiger partial charge on any atom is -0.452 e. The van der Waals surface area contributed by atoms with Crippen molar-refractivity contribution in [2.75, 3.05) is 6.61 Å². The molecule has 2 heterocycles. The molecule has 1 amide bonds. The smallest absolute Gasteiger partial charge is 0.331 e. The van der Waals surface area contributed by atoms with Gasteiger partial charge in [-0.25, -0.2) is 9.18 Å². The van der Waals surface area contributed by atoms with Gasteiger partial charge in [-0.2, -0.15) is 0 Å². The van der Waals surface area contributed by atoms with E-state index in [0.29, 0.717) is 0 Å². The molecule has 0 bridgehead atoms. The molecule has 2 aromatic heterocycles. The maximum atomic E-state index is 13.2. The van der Waals surface area contributed by atoms with E-state index in [1.807, 2.05) is 35.0 Å². The van der Waals surface area contributed by atoms with E-state index in [0.717, 1.165) is 15.3 Å². The number of carbonyl (C=O) groups is 2. The van der Waals surface area contributed by atoms with Crippen molar-refractivity contribution in [2.45, 2.75) is 6.04 Å². The first-order chi connectivity index (χ1) is 13.1. The van der Waals surface area contributed by atoms with Crippen LogP contribution < -0.4 is 5.32 Å². The summed E-state index contributed by atoms with van der Waals surface area (Å²) in [5, 5.41) is 6.63. The van der Waals surface area contributed by atoms with Gasteiger partial charge in [-0.1, -0.05) is 24.3 Å². The lowest BCUT2D eigenvalue weighted by atomic mass is 10.1. The van der Waals surface area contributed by atoms with Crippen LogP contribution >= 0.6 is 22.7 Å². The number of esters is 1. The third-order valence-electron chi connectivity index (χ3n) is 3.61. The maximum absolute atomic E-state index is 13.2. The maximum Gasteiger partial charge on any atom is 0.331 e. The molecule has 4 nitrogen and oxygen atoms in total. The van der Waals surface area contributed by atoms with E-state index in [2.05, 4.69) is 5.32 Å². The number of nitrogens with one attached hydrogen (secondary N) is 1. The molecule has 1 atom stereocenters. The van der Waals surface area contributed by atoms with Crippen molar-refractivity contribution in [1.82, 2.24) is 5.32 Å². The van der Waals surface area contributed by atoms with Crippen molar-refractivity contribution in [3.05, 3.63) is 86.5 Å². The predicted octanol–water partition coefficient (Wildman–Crippen LogP) is 4.41. The summed E-state index contributed by atoms with van der Waals surface area (Å²) >= 11 is 2.97. The molecule has 0 fully saturated rings. The molecular formula is C20H16FNO3S2. The van der Waals surface area contributed by atoms with Crippen molar-refractivity contribution in [1.29, 1.82) is 0 Å². The average molecular weight is 401 g/mol. The zero-order valence-electron chi connectivity index (χ0n) is 14.1. The highest BCUT2D eigenvalue weighted by Crippen LogP contribution is 2.26. The van der Waals surface area contributed by atoms with Crippen molar-refractivity contribution >= 4 is 40.6 Å². The van der Waals surface area contributed by atoms with Crippen LogP contribution in [0.1, 0.15) is 21.4 Å². The molecule has 0 saturated heterocycles. The van der Waals surface area contributed by atoms with Crippen molar-refractivity contribution in [3.8, 4) is 0 Å². The van der Waals surface area contributed by atoms with Crippen LogP contribution in [0.25, 0.3) is 6.08 Å². The van der Waals surface area contributed by atoms with Gasteiger partial charge in [-0.3, -0.25) is 4.79 Å². The molecule has 3 rings (SSSR count). The van der Waals surface area contributed by atoms with Crippen molar-refractivity contribution in [3.63, 3.8) is 0 Å². The van der Waals surface area contributed by atoms with Gasteiger partial charge >= 0.3 is 5.97 Å². The minimum atomic E-state index is -0.590. The molecule has 0 unspecified atom stereocenters. The van der Waals surface area contributed by atoms with E-state index in [4.69, 9.17) is 4.74 Å². The van der Waals surface area contributed by atoms with Gasteiger partial charge < -0.3 is 10.1 Å². The number of hydrogen-bond acceptors (Lipinski definition) is 5. The molecule has 7 heteroatoms. The lowest BCUT2D eigenvalue weighted by molar-refractivity contribution is -0.143. The summed E-state index contributed by atoms with van der Waals surface area (Å²) in [6, 6.07) is 13.0. The monoisotopic (exact) mass is 401 g/mol. The number of carbonyl (C=O) groups excluding carboxylic acids is 2. The average Bonchev–Trinajstić information content (AvgIpc) is 3.37. The largest absolute Gasteiger partial charge is 0.452 e. The second-order valence-corrected chi connectivity index (χ2v) is 7.48. The summed E-state index contributed by atoms with van der Waals surface area (Å²) in [6.07, 6.45) is 2.92. The van der Waals surface area contributed by atoms with Crippen LogP contribution in [-0.4, -0.2) is 18.5 Å². The van der Waals surface area contributed by atoms with E-state index in [1.165, 1.54) is 40.9 Å². The summed E-state index contributed by atoms with van der Waals surface area (Å²) in [5.41, 5.74) is 0.746. The Morgan fingerprint density at radius 2 is 1.81 bits per heavy atom. The Morgan fingerprint density at radius 3 is 2.48 bits per heavy atom. The second kappa shape index (κ2) is 9.25. The van der Waals surface area contributed by atoms with E-state index < -0.39 is 24.5 Å². The molecule has 0 spiro atoms. The zero-order chi connectivity index (χ0) is 19.1. The lowest BCUT2D eigenvalue weighted by Crippen LogP contribution is -2.32. The fourth-order valence-corrected chi connectivity index (χ4v) is 3.77. The van der Waals surface area contributed by atoms with Gasteiger partial charge in [0.25, 0.3) is 5.91 Å². The van der Waals surface area contributed by atoms with Gasteiger partial charge in [0, 0.05) is 15.8 Å². The van der Waals surface area contributed by atoms with Gasteiger partial charge in [0.05, 0.1) is 6.04 Å². The minimum absolute atomic E-state index is 0.346. The Labute approximate surface area is 163 Å². The molecule has 138 valence electrons. The standard InChI is InChI=1S/C20H16FNO3S2/c21-15-7-5-14(6-8-15)20(17-4-2-12-27-17)22-18(23)13-25-19(24)10-9-16-3-1-11-26-16/h1-12,20H,13H2,(H,22,23)/b10-9+/t20-/m0/s1. The zero-order valence-corrected chi connectivity index (χ0v) is 15.8. The summed E-state index contributed by atoms with van der Waals surface area (Å²) in [7, 11) is 0. The molecule has 0 radical (unpaired) electrons. The van der Waals surface area contributed by atoms with Crippen LogP contribution in [0.5, 0.6) is 0 Å². The highest BCUT2D eigenvalue weighted by atomic mass is 32.1. The fraction of sp³-hybridized carbons (Fsp3) is 0.100. The Kier molecular flexibility index (Phi) is 6.51. The summed E-state index contributed by atoms with van der Waals surface area (Å²) in [6.45, 7) is -0.392. The number of halogens is 1. The van der Waals surface area contributed by atoms with Crippen LogP contribution in [0.2, 0.25) is 0 Å². The van der Waals surface area contributed by atoms with E-state index >= 15 is 0 Å². The van der Waals surface area contributed by atoms with E-state index in [1.54, 1.807) is 18.2 Å². The Balaban J connectivity index is 1.59. The summed E-state index contributed by atoms with van der Waals surface area (Å²) < 4.78 is 18.2. The van der Waals surface area contributed by atoms with Gasteiger partial charge in [0.15, 0.2) is 6.61 Å². The molecular weight excluding hydrogens is 385 g/mol. The van der Waals surface area contributed by atoms with Crippen LogP contribution in [0.4, 0.5) is 4.39 Å². The Bertz CT molecular complexity index is 903. The molecule has 0 aliphatic heterocycles. The molecule has 0 aliphatic rings.